The maximum absolute atomic E-state index is 14.0. The van der Waals surface area contributed by atoms with E-state index in [0.717, 1.165) is 36.4 Å². The molecule has 11 rings (SSSR count). The molecule has 3 aliphatic rings. The molecule has 4 heterocycles. The number of halogens is 6. The van der Waals surface area contributed by atoms with E-state index >= 15 is 0 Å². The molecule has 0 spiro atoms. The van der Waals surface area contributed by atoms with Gasteiger partial charge >= 0.3 is 5.97 Å². The van der Waals surface area contributed by atoms with Crippen LogP contribution in [0.3, 0.4) is 0 Å². The number of H-pyrrole nitrogens is 1. The number of carboxylic acids is 1. The fourth-order valence-electron chi connectivity index (χ4n) is 9.67. The molecule has 28 heteroatoms. The molecule has 88 heavy (non-hydrogen) atoms. The van der Waals surface area contributed by atoms with Gasteiger partial charge < -0.3 is 71.2 Å². The lowest BCUT2D eigenvalue weighted by Gasteiger charge is -2.22. The number of aliphatic imine (C=N–C) groups is 5. The summed E-state index contributed by atoms with van der Waals surface area (Å²) < 4.78 is 6.40. The van der Waals surface area contributed by atoms with Crippen LogP contribution < -0.4 is 10.1 Å². The van der Waals surface area contributed by atoms with Gasteiger partial charge in [-0.15, -0.1) is 0 Å². The molecule has 7 bridgehead atoms. The lowest BCUT2D eigenvalue weighted by Crippen LogP contribution is -2.45. The molecule has 0 saturated heterocycles. The second-order valence-corrected chi connectivity index (χ2v) is 22.4. The number of phenolic OH excluding ortho intramolecular Hbond substituents is 5. The van der Waals surface area contributed by atoms with Crippen LogP contribution >= 0.6 is 69.6 Å². The molecule has 1 amide bonds. The van der Waals surface area contributed by atoms with Crippen LogP contribution in [0.1, 0.15) is 68.0 Å². The summed E-state index contributed by atoms with van der Waals surface area (Å²) in [6.07, 6.45) is -0.730. The number of ketones is 1. The number of carboxylic acid groups (broad SMARTS) is 1. The summed E-state index contributed by atoms with van der Waals surface area (Å²) in [7, 11) is 0. The third-order valence-corrected chi connectivity index (χ3v) is 15.8. The van der Waals surface area contributed by atoms with E-state index in [-0.39, 0.29) is 78.4 Å². The minimum atomic E-state index is -2.06. The number of ether oxygens (including phenoxy) is 1. The molecule has 0 fully saturated rings. The van der Waals surface area contributed by atoms with Gasteiger partial charge in [-0.2, -0.15) is 0 Å². The average molecular weight is 1310 g/mol. The molecule has 1 aromatic heterocycles. The van der Waals surface area contributed by atoms with Gasteiger partial charge in [-0.1, -0.05) is 112 Å². The van der Waals surface area contributed by atoms with Crippen molar-refractivity contribution in [3.63, 3.8) is 0 Å². The number of amides is 1. The zero-order valence-electron chi connectivity index (χ0n) is 44.5. The maximum Gasteiger partial charge on any atom is 0.333 e. The van der Waals surface area contributed by atoms with Crippen molar-refractivity contribution in [2.45, 2.75) is 49.1 Å². The Bertz CT molecular complexity index is 4260. The highest BCUT2D eigenvalue weighted by atomic mass is 35.5. The Morgan fingerprint density at radius 3 is 1.61 bits per heavy atom. The average Bonchev–Trinajstić information content (AvgIpc) is 1.70. The van der Waals surface area contributed by atoms with Crippen LogP contribution in [0.15, 0.2) is 146 Å². The minimum absolute atomic E-state index is 0.0105. The molecular weight excluding hydrogens is 1270 g/mol. The molecule has 3 aliphatic heterocycles. The summed E-state index contributed by atoms with van der Waals surface area (Å²) in [5.41, 5.74) is 0.325. The standard InChI is InChI=1S/C60H43Cl6N7O15/c61-35-15-27(16-36(62)51(35)77)46-56(82)68-41(54(80)73-48(60(86)87)24-6-8-31(74)9-7-24)12-23-4-10-32(11-5-23)88-43-21-26-14-34(50(43)76)33-3-1-2-25-13-30(67-44(25)33)22-42(69-59(85)49(75)29-19-39(65)53(79)40(66)20-29)55(81)70-47(58(84)71-45(26)57(83)72-46)28-17-37(63)52(78)38(64)18-28/h1-11,13-21,41-42,45-48,67,74,76-79H,12,22H2,(H,68,82)(H,69,85)(H,70,81)(H,71,84)(H,72,83)(H,73,80)(H,86,87). The van der Waals surface area contributed by atoms with Crippen LogP contribution in [0.4, 0.5) is 0 Å². The molecule has 22 nitrogen and oxygen atoms in total. The summed E-state index contributed by atoms with van der Waals surface area (Å²) in [4.78, 5) is 65.6. The van der Waals surface area contributed by atoms with Crippen molar-refractivity contribution in [1.82, 2.24) is 10.3 Å². The number of nitrogens with zero attached hydrogens (tertiary/aromatic N) is 5. The van der Waals surface area contributed by atoms with Gasteiger partial charge in [0.2, 0.25) is 35.3 Å². The topological polar surface area (TPSA) is 373 Å². The third kappa shape index (κ3) is 12.8. The summed E-state index contributed by atoms with van der Waals surface area (Å²) in [5, 5.41) is 127. The molecule has 0 radical (unpaired) electrons. The molecular formula is C60H43Cl6N7O15. The Balaban J connectivity index is 1.23. The zero-order valence-corrected chi connectivity index (χ0v) is 49.0. The molecule has 8 aromatic rings. The summed E-state index contributed by atoms with van der Waals surface area (Å²) in [6, 6.07) is 15.2. The van der Waals surface area contributed by atoms with Gasteiger partial charge in [0.1, 0.15) is 23.6 Å². The summed E-state index contributed by atoms with van der Waals surface area (Å²) >= 11 is 38.0. The molecule has 450 valence electrons. The number of Topliss-reactive ketones (excluding diaryl/α,β-unsaturated/α-hetero) is 1. The number of benzene rings is 7. The van der Waals surface area contributed by atoms with Crippen molar-refractivity contribution in [1.29, 1.82) is 0 Å². The second kappa shape index (κ2) is 25.1. The lowest BCUT2D eigenvalue weighted by molar-refractivity contribution is -0.138. The first kappa shape index (κ1) is 61.7. The number of para-hydroxylation sites is 1. The quantitative estimate of drug-likeness (QED) is 0.0276. The van der Waals surface area contributed by atoms with Gasteiger partial charge in [-0.3, -0.25) is 9.59 Å². The van der Waals surface area contributed by atoms with E-state index in [1.165, 1.54) is 60.7 Å². The largest absolute Gasteiger partial charge is 0.508 e. The first-order chi connectivity index (χ1) is 41.8. The SMILES string of the molecule is O=C(NC1Cc2cc3cccc(c3[nH]2)-c2cc3cc(c2O)Oc2ccc(cc2)CC(C(O)=NC(C(=O)O)c2ccc(O)cc2)N=C(O)C(c2cc(Cl)c(O)c(Cl)c2)N=C(O)C3N=C(O)C(c2cc(Cl)c(O)c(Cl)c2)N=C1O)C(=O)c1cc(Cl)c(O)c(Cl)c1. The van der Waals surface area contributed by atoms with Crippen molar-refractivity contribution in [2.24, 2.45) is 25.0 Å². The van der Waals surface area contributed by atoms with Crippen molar-refractivity contribution >= 4 is 128 Å². The van der Waals surface area contributed by atoms with Gasteiger partial charge in [0.25, 0.3) is 5.91 Å². The highest BCUT2D eigenvalue weighted by Crippen LogP contribution is 2.46. The Hall–Kier alpha value is -9.42. The van der Waals surface area contributed by atoms with Crippen LogP contribution in [0.2, 0.25) is 30.1 Å². The smallest absolute Gasteiger partial charge is 0.333 e. The van der Waals surface area contributed by atoms with Gasteiger partial charge in [-0.25, -0.2) is 29.8 Å². The number of carbonyl (C=O) groups is 3. The number of fused-ring (bicyclic) bond motifs is 9. The van der Waals surface area contributed by atoms with E-state index in [1.54, 1.807) is 24.3 Å². The van der Waals surface area contributed by atoms with Crippen LogP contribution in [-0.2, 0) is 22.4 Å². The first-order valence-corrected chi connectivity index (χ1v) is 28.1. The molecule has 13 N–H and O–H groups in total. The van der Waals surface area contributed by atoms with Gasteiger partial charge in [0.05, 0.1) is 35.7 Å². The van der Waals surface area contributed by atoms with E-state index in [1.807, 2.05) is 0 Å². The van der Waals surface area contributed by atoms with Crippen LogP contribution in [0, 0.1) is 0 Å². The predicted molar refractivity (Wildman–Crippen MR) is 331 cm³/mol. The molecule has 0 aliphatic carbocycles. The number of nitrogens with one attached hydrogen (secondary N) is 2. The third-order valence-electron chi connectivity index (χ3n) is 14.0. The predicted octanol–water partition coefficient (Wildman–Crippen LogP) is 13.1. The van der Waals surface area contributed by atoms with Gasteiger partial charge in [0.15, 0.2) is 52.9 Å². The zero-order chi connectivity index (χ0) is 63.2. The Kier molecular flexibility index (Phi) is 17.6. The van der Waals surface area contributed by atoms with Crippen molar-refractivity contribution in [3.05, 3.63) is 191 Å². The number of hydrogen-bond acceptors (Lipinski definition) is 14. The summed E-state index contributed by atoms with van der Waals surface area (Å²) in [6.45, 7) is 0. The highest BCUT2D eigenvalue weighted by molar-refractivity contribution is 6.45. The van der Waals surface area contributed by atoms with Crippen molar-refractivity contribution in [2.75, 3.05) is 0 Å². The second-order valence-electron chi connectivity index (χ2n) is 19.9. The van der Waals surface area contributed by atoms with Crippen LogP contribution in [0.5, 0.6) is 40.2 Å². The lowest BCUT2D eigenvalue weighted by atomic mass is 9.96. The number of aromatic nitrogens is 1. The Labute approximate surface area is 526 Å². The Morgan fingerprint density at radius 2 is 1.07 bits per heavy atom. The normalized spacial score (nSPS) is 18.5. The number of aliphatic hydroxyl groups is 5. The molecule has 6 unspecified atom stereocenters. The number of phenols is 5. The van der Waals surface area contributed by atoms with Gasteiger partial charge in [-0.05, 0) is 107 Å². The summed E-state index contributed by atoms with van der Waals surface area (Å²) in [5.74, 6) is -12.1. The van der Waals surface area contributed by atoms with Crippen molar-refractivity contribution in [3.8, 4) is 51.4 Å². The fraction of sp³-hybridized carbons (Fsp3) is 0.133. The Morgan fingerprint density at radius 1 is 0.557 bits per heavy atom. The van der Waals surface area contributed by atoms with Crippen LogP contribution in [-0.4, -0.2) is 120 Å². The van der Waals surface area contributed by atoms with E-state index in [4.69, 9.17) is 74.3 Å². The minimum Gasteiger partial charge on any atom is -0.508 e. The number of carbonyl (C=O) groups excluding carboxylic acids is 2. The number of rotatable bonds is 9. The molecule has 6 atom stereocenters. The number of aliphatic hydroxyl groups excluding tert-OH is 5. The number of hydrogen-bond donors (Lipinski definition) is 13. The maximum atomic E-state index is 14.0. The highest BCUT2D eigenvalue weighted by Gasteiger charge is 2.34. The number of aromatic hydroxyl groups is 5. The first-order valence-electron chi connectivity index (χ1n) is 25.8. The van der Waals surface area contributed by atoms with E-state index in [0.29, 0.717) is 16.5 Å². The monoisotopic (exact) mass is 1310 g/mol. The van der Waals surface area contributed by atoms with Crippen LogP contribution in [0.25, 0.3) is 22.0 Å². The molecule has 0 saturated carbocycles. The fourth-order valence-corrected chi connectivity index (χ4v) is 11.2. The number of aromatic amines is 1. The van der Waals surface area contributed by atoms with E-state index in [2.05, 4.69) is 35.3 Å². The van der Waals surface area contributed by atoms with Crippen molar-refractivity contribution < 1.29 is 75.3 Å². The molecule has 7 aromatic carbocycles. The van der Waals surface area contributed by atoms with E-state index < -0.39 is 133 Å². The number of aliphatic carboxylic acids is 1. The van der Waals surface area contributed by atoms with E-state index in [9.17, 15) is 70.6 Å². The van der Waals surface area contributed by atoms with Gasteiger partial charge in [0, 0.05) is 40.6 Å².